The van der Waals surface area contributed by atoms with Gasteiger partial charge in [-0.1, -0.05) is 25.4 Å². The molecule has 0 aromatic heterocycles. The molecule has 3 nitrogen and oxygen atoms in total. The van der Waals surface area contributed by atoms with Gasteiger partial charge in [-0.05, 0) is 31.5 Å². The standard InChI is InChI=1S/C16H25ClN2O/c1-6-20-15-10-14(16(15,2)3)18-12-9-11(17)7-8-13(12)19(4)5/h7-9,14-15,18H,6,10H2,1-5H3. The summed E-state index contributed by atoms with van der Waals surface area (Å²) in [5.41, 5.74) is 2.39. The quantitative estimate of drug-likeness (QED) is 0.888. The molecule has 0 aliphatic heterocycles. The topological polar surface area (TPSA) is 24.5 Å². The van der Waals surface area contributed by atoms with E-state index in [0.29, 0.717) is 12.1 Å². The van der Waals surface area contributed by atoms with Crippen molar-refractivity contribution >= 4 is 23.0 Å². The smallest absolute Gasteiger partial charge is 0.0665 e. The first kappa shape index (κ1) is 15.5. The molecule has 1 aromatic carbocycles. The summed E-state index contributed by atoms with van der Waals surface area (Å²) in [7, 11) is 4.09. The first-order chi connectivity index (χ1) is 9.36. The maximum absolute atomic E-state index is 6.13. The van der Waals surface area contributed by atoms with Crippen LogP contribution in [-0.2, 0) is 4.74 Å². The molecule has 0 saturated heterocycles. The van der Waals surface area contributed by atoms with Crippen molar-refractivity contribution in [2.45, 2.75) is 39.3 Å². The summed E-state index contributed by atoms with van der Waals surface area (Å²) in [6, 6.07) is 6.39. The largest absolute Gasteiger partial charge is 0.380 e. The normalized spacial score (nSPS) is 24.1. The maximum atomic E-state index is 6.13. The molecule has 0 radical (unpaired) electrons. The van der Waals surface area contributed by atoms with E-state index in [-0.39, 0.29) is 5.41 Å². The zero-order valence-corrected chi connectivity index (χ0v) is 13.8. The monoisotopic (exact) mass is 296 g/mol. The lowest BCUT2D eigenvalue weighted by molar-refractivity contribution is -0.0975. The molecular formula is C16H25ClN2O. The van der Waals surface area contributed by atoms with Crippen LogP contribution in [0.4, 0.5) is 11.4 Å². The van der Waals surface area contributed by atoms with Gasteiger partial charge in [-0.25, -0.2) is 0 Å². The maximum Gasteiger partial charge on any atom is 0.0665 e. The van der Waals surface area contributed by atoms with Crippen LogP contribution in [0.5, 0.6) is 0 Å². The highest BCUT2D eigenvalue weighted by Gasteiger charge is 2.49. The first-order valence-electron chi connectivity index (χ1n) is 7.21. The number of anilines is 2. The summed E-state index contributed by atoms with van der Waals surface area (Å²) in [4.78, 5) is 2.10. The zero-order valence-electron chi connectivity index (χ0n) is 13.0. The molecule has 1 N–H and O–H groups in total. The SMILES string of the molecule is CCOC1CC(Nc2cc(Cl)ccc2N(C)C)C1(C)C. The summed E-state index contributed by atoms with van der Waals surface area (Å²) in [6.45, 7) is 7.35. The third kappa shape index (κ3) is 2.89. The molecule has 1 aliphatic rings. The molecule has 0 amide bonds. The number of nitrogens with one attached hydrogen (secondary N) is 1. The van der Waals surface area contributed by atoms with E-state index in [1.165, 1.54) is 0 Å². The van der Waals surface area contributed by atoms with Crippen LogP contribution in [0.3, 0.4) is 0 Å². The van der Waals surface area contributed by atoms with Crippen LogP contribution in [-0.4, -0.2) is 32.8 Å². The van der Waals surface area contributed by atoms with E-state index in [1.807, 2.05) is 26.2 Å². The molecule has 2 unspecified atom stereocenters. The molecule has 1 aromatic rings. The minimum absolute atomic E-state index is 0.141. The van der Waals surface area contributed by atoms with Crippen LogP contribution < -0.4 is 10.2 Å². The van der Waals surface area contributed by atoms with E-state index in [4.69, 9.17) is 16.3 Å². The molecular weight excluding hydrogens is 272 g/mol. The van der Waals surface area contributed by atoms with Gasteiger partial charge in [0.2, 0.25) is 0 Å². The van der Waals surface area contributed by atoms with Crippen molar-refractivity contribution in [1.82, 2.24) is 0 Å². The minimum Gasteiger partial charge on any atom is -0.380 e. The van der Waals surface area contributed by atoms with Crippen molar-refractivity contribution in [1.29, 1.82) is 0 Å². The third-order valence-electron chi connectivity index (χ3n) is 4.32. The number of halogens is 1. The second-order valence-electron chi connectivity index (χ2n) is 6.25. The molecule has 0 heterocycles. The third-order valence-corrected chi connectivity index (χ3v) is 4.55. The average Bonchev–Trinajstić information content (AvgIpc) is 2.37. The van der Waals surface area contributed by atoms with Crippen molar-refractivity contribution in [3.63, 3.8) is 0 Å². The van der Waals surface area contributed by atoms with Gasteiger partial charge in [0.05, 0.1) is 17.5 Å². The van der Waals surface area contributed by atoms with Crippen LogP contribution >= 0.6 is 11.6 Å². The Labute approximate surface area is 127 Å². The molecule has 2 atom stereocenters. The van der Waals surface area contributed by atoms with Crippen molar-refractivity contribution < 1.29 is 4.74 Å². The molecule has 2 rings (SSSR count). The highest BCUT2D eigenvalue weighted by Crippen LogP contribution is 2.45. The van der Waals surface area contributed by atoms with Crippen molar-refractivity contribution in [2.24, 2.45) is 5.41 Å². The summed E-state index contributed by atoms with van der Waals surface area (Å²) >= 11 is 6.13. The van der Waals surface area contributed by atoms with E-state index in [1.54, 1.807) is 0 Å². The Balaban J connectivity index is 2.13. The summed E-state index contributed by atoms with van der Waals surface area (Å²) in [6.07, 6.45) is 1.38. The lowest BCUT2D eigenvalue weighted by Gasteiger charge is -2.52. The Kier molecular flexibility index (Phi) is 4.50. The van der Waals surface area contributed by atoms with Gasteiger partial charge in [0, 0.05) is 37.2 Å². The lowest BCUT2D eigenvalue weighted by Crippen LogP contribution is -2.58. The fraction of sp³-hybridized carbons (Fsp3) is 0.625. The second-order valence-corrected chi connectivity index (χ2v) is 6.69. The molecule has 4 heteroatoms. The van der Waals surface area contributed by atoms with Gasteiger partial charge < -0.3 is 15.0 Å². The van der Waals surface area contributed by atoms with Crippen LogP contribution in [0.15, 0.2) is 18.2 Å². The molecule has 1 saturated carbocycles. The number of benzene rings is 1. The Morgan fingerprint density at radius 3 is 2.65 bits per heavy atom. The Bertz CT molecular complexity index is 474. The van der Waals surface area contributed by atoms with Crippen LogP contribution in [0.25, 0.3) is 0 Å². The number of hydrogen-bond acceptors (Lipinski definition) is 3. The predicted octanol–water partition coefficient (Wildman–Crippen LogP) is 4.02. The van der Waals surface area contributed by atoms with Crippen molar-refractivity contribution in [3.05, 3.63) is 23.2 Å². The van der Waals surface area contributed by atoms with Crippen LogP contribution in [0.2, 0.25) is 5.02 Å². The first-order valence-corrected chi connectivity index (χ1v) is 7.59. The van der Waals surface area contributed by atoms with Gasteiger partial charge in [-0.15, -0.1) is 0 Å². The fourth-order valence-electron chi connectivity index (χ4n) is 2.82. The highest BCUT2D eigenvalue weighted by atomic mass is 35.5. The summed E-state index contributed by atoms with van der Waals surface area (Å²) in [5, 5.41) is 4.40. The van der Waals surface area contributed by atoms with Gasteiger partial charge in [0.15, 0.2) is 0 Å². The number of rotatable bonds is 5. The molecule has 1 fully saturated rings. The van der Waals surface area contributed by atoms with Gasteiger partial charge in [0.1, 0.15) is 0 Å². The van der Waals surface area contributed by atoms with Crippen LogP contribution in [0.1, 0.15) is 27.2 Å². The second kappa shape index (κ2) is 5.82. The predicted molar refractivity (Wildman–Crippen MR) is 87.0 cm³/mol. The van der Waals surface area contributed by atoms with Gasteiger partial charge in [0.25, 0.3) is 0 Å². The Hall–Kier alpha value is -0.930. The minimum atomic E-state index is 0.141. The average molecular weight is 297 g/mol. The molecule has 0 spiro atoms. The summed E-state index contributed by atoms with van der Waals surface area (Å²) < 4.78 is 5.79. The zero-order chi connectivity index (χ0) is 14.9. The number of hydrogen-bond donors (Lipinski definition) is 1. The Morgan fingerprint density at radius 2 is 2.10 bits per heavy atom. The van der Waals surface area contributed by atoms with Gasteiger partial charge in [-0.2, -0.15) is 0 Å². The number of ether oxygens (including phenoxy) is 1. The molecule has 1 aliphatic carbocycles. The van der Waals surface area contributed by atoms with E-state index >= 15 is 0 Å². The highest BCUT2D eigenvalue weighted by molar-refractivity contribution is 6.31. The van der Waals surface area contributed by atoms with E-state index in [0.717, 1.165) is 29.4 Å². The fourth-order valence-corrected chi connectivity index (χ4v) is 2.99. The van der Waals surface area contributed by atoms with E-state index in [2.05, 4.69) is 37.1 Å². The van der Waals surface area contributed by atoms with Crippen molar-refractivity contribution in [2.75, 3.05) is 30.9 Å². The Morgan fingerprint density at radius 1 is 1.40 bits per heavy atom. The van der Waals surface area contributed by atoms with E-state index < -0.39 is 0 Å². The van der Waals surface area contributed by atoms with Crippen molar-refractivity contribution in [3.8, 4) is 0 Å². The molecule has 20 heavy (non-hydrogen) atoms. The van der Waals surface area contributed by atoms with Crippen LogP contribution in [0, 0.1) is 5.41 Å². The van der Waals surface area contributed by atoms with E-state index in [9.17, 15) is 0 Å². The molecule has 0 bridgehead atoms. The van der Waals surface area contributed by atoms with Gasteiger partial charge in [-0.3, -0.25) is 0 Å². The van der Waals surface area contributed by atoms with Gasteiger partial charge >= 0.3 is 0 Å². The number of nitrogens with zero attached hydrogens (tertiary/aromatic N) is 1. The molecule has 112 valence electrons. The lowest BCUT2D eigenvalue weighted by atomic mass is 9.64. The summed E-state index contributed by atoms with van der Waals surface area (Å²) in [5.74, 6) is 0.